The summed E-state index contributed by atoms with van der Waals surface area (Å²) >= 11 is 0. The second-order valence-corrected chi connectivity index (χ2v) is 9.84. The highest BCUT2D eigenvalue weighted by atomic mass is 16.3. The first-order chi connectivity index (χ1) is 14.8. The summed E-state index contributed by atoms with van der Waals surface area (Å²) in [5, 5.41) is 14.6. The zero-order valence-electron chi connectivity index (χ0n) is 19.9. The van der Waals surface area contributed by atoms with E-state index in [1.165, 1.54) is 36.9 Å². The molecule has 0 atom stereocenters. The average Bonchev–Trinajstić information content (AvgIpc) is 3.02. The van der Waals surface area contributed by atoms with Crippen molar-refractivity contribution in [3.63, 3.8) is 0 Å². The third-order valence-corrected chi connectivity index (χ3v) is 6.47. The monoisotopic (exact) mass is 425 g/mol. The highest BCUT2D eigenvalue weighted by Gasteiger charge is 2.36. The topological polar surface area (TPSA) is 58.4 Å². The predicted octanol–water partition coefficient (Wildman–Crippen LogP) is 5.27. The molecule has 1 aliphatic heterocycles. The Morgan fingerprint density at radius 3 is 2.48 bits per heavy atom. The molecule has 0 unspecified atom stereocenters. The molecule has 1 aliphatic rings. The minimum absolute atomic E-state index is 0.0436. The van der Waals surface area contributed by atoms with Crippen molar-refractivity contribution in [2.45, 2.75) is 97.8 Å². The van der Waals surface area contributed by atoms with Crippen molar-refractivity contribution < 1.29 is 5.11 Å². The Kier molecular flexibility index (Phi) is 7.58. The van der Waals surface area contributed by atoms with Gasteiger partial charge in [0.1, 0.15) is 0 Å². The average molecular weight is 426 g/mol. The maximum atomic E-state index is 12.5. The van der Waals surface area contributed by atoms with Gasteiger partial charge in [-0.15, -0.1) is 0 Å². The fourth-order valence-electron chi connectivity index (χ4n) is 4.62. The SMILES string of the molecule is CCCCCCCCn1nc(-c2ccc3c(c2)C(C)(C)CN3C(C)C)c(CO)cc1=O. The van der Waals surface area contributed by atoms with Gasteiger partial charge in [0.25, 0.3) is 5.56 Å². The minimum Gasteiger partial charge on any atom is -0.392 e. The standard InChI is InChI=1S/C26H39N3O2/c1-6-7-8-9-10-11-14-29-24(31)16-21(17-30)25(27-29)20-12-13-23-22(15-20)26(4,5)18-28(23)19(2)3/h12-13,15-16,19,30H,6-11,14,17-18H2,1-5H3. The van der Waals surface area contributed by atoms with E-state index in [-0.39, 0.29) is 17.6 Å². The van der Waals surface area contributed by atoms with Crippen LogP contribution in [0, 0.1) is 0 Å². The summed E-state index contributed by atoms with van der Waals surface area (Å²) in [6, 6.07) is 8.45. The third-order valence-electron chi connectivity index (χ3n) is 6.47. The molecule has 5 nitrogen and oxygen atoms in total. The van der Waals surface area contributed by atoms with Gasteiger partial charge in [-0.2, -0.15) is 5.10 Å². The summed E-state index contributed by atoms with van der Waals surface area (Å²) < 4.78 is 1.58. The maximum absolute atomic E-state index is 12.5. The van der Waals surface area contributed by atoms with Crippen LogP contribution in [0.3, 0.4) is 0 Å². The van der Waals surface area contributed by atoms with Crippen LogP contribution in [0.4, 0.5) is 5.69 Å². The quantitative estimate of drug-likeness (QED) is 0.527. The first-order valence-electron chi connectivity index (χ1n) is 11.9. The van der Waals surface area contributed by atoms with Gasteiger partial charge in [0, 0.05) is 47.4 Å². The Morgan fingerprint density at radius 2 is 1.81 bits per heavy atom. The van der Waals surface area contributed by atoms with Gasteiger partial charge in [-0.25, -0.2) is 4.68 Å². The molecule has 0 saturated carbocycles. The summed E-state index contributed by atoms with van der Waals surface area (Å²) in [5.74, 6) is 0. The van der Waals surface area contributed by atoms with Crippen LogP contribution in [0.1, 0.15) is 84.3 Å². The Hall–Kier alpha value is -2.14. The molecular weight excluding hydrogens is 386 g/mol. The number of hydrogen-bond acceptors (Lipinski definition) is 4. The number of aryl methyl sites for hydroxylation is 1. The van der Waals surface area contributed by atoms with Crippen molar-refractivity contribution in [3.05, 3.63) is 45.7 Å². The lowest BCUT2D eigenvalue weighted by atomic mass is 9.85. The summed E-state index contributed by atoms with van der Waals surface area (Å²) in [6.07, 6.45) is 7.04. The lowest BCUT2D eigenvalue weighted by Crippen LogP contribution is -2.33. The molecule has 3 rings (SSSR count). The van der Waals surface area contributed by atoms with Gasteiger partial charge in [-0.3, -0.25) is 4.79 Å². The molecule has 1 aromatic heterocycles. The first kappa shape index (κ1) is 23.5. The Morgan fingerprint density at radius 1 is 1.10 bits per heavy atom. The van der Waals surface area contributed by atoms with Crippen molar-refractivity contribution >= 4 is 5.69 Å². The van der Waals surface area contributed by atoms with E-state index in [1.54, 1.807) is 10.7 Å². The highest BCUT2D eigenvalue weighted by molar-refractivity contribution is 5.72. The molecule has 0 radical (unpaired) electrons. The van der Waals surface area contributed by atoms with Gasteiger partial charge in [0.05, 0.1) is 12.3 Å². The molecule has 170 valence electrons. The van der Waals surface area contributed by atoms with Crippen LogP contribution >= 0.6 is 0 Å². The number of aliphatic hydroxyl groups is 1. The number of hydrogen-bond donors (Lipinski definition) is 1. The van der Waals surface area contributed by atoms with Crippen molar-refractivity contribution in [1.82, 2.24) is 9.78 Å². The molecule has 5 heteroatoms. The molecule has 0 fully saturated rings. The van der Waals surface area contributed by atoms with E-state index in [2.05, 4.69) is 57.7 Å². The fourth-order valence-corrected chi connectivity index (χ4v) is 4.62. The van der Waals surface area contributed by atoms with Gasteiger partial charge in [-0.05, 0) is 38.0 Å². The molecule has 0 saturated heterocycles. The minimum atomic E-state index is -0.186. The molecule has 2 aromatic rings. The Bertz CT molecular complexity index is 946. The zero-order chi connectivity index (χ0) is 22.6. The number of rotatable bonds is 10. The van der Waals surface area contributed by atoms with Crippen molar-refractivity contribution in [2.75, 3.05) is 11.4 Å². The summed E-state index contributed by atoms with van der Waals surface area (Å²) in [4.78, 5) is 15.0. The number of unbranched alkanes of at least 4 members (excludes halogenated alkanes) is 5. The third kappa shape index (κ3) is 5.20. The Balaban J connectivity index is 1.89. The van der Waals surface area contributed by atoms with Crippen LogP contribution < -0.4 is 10.5 Å². The van der Waals surface area contributed by atoms with Crippen LogP contribution in [-0.4, -0.2) is 27.5 Å². The molecule has 31 heavy (non-hydrogen) atoms. The van der Waals surface area contributed by atoms with Crippen LogP contribution in [0.25, 0.3) is 11.3 Å². The number of aliphatic hydroxyl groups excluding tert-OH is 1. The van der Waals surface area contributed by atoms with E-state index < -0.39 is 0 Å². The second kappa shape index (κ2) is 9.99. The molecule has 0 spiro atoms. The largest absolute Gasteiger partial charge is 0.392 e. The van der Waals surface area contributed by atoms with E-state index >= 15 is 0 Å². The van der Waals surface area contributed by atoms with Gasteiger partial charge >= 0.3 is 0 Å². The van der Waals surface area contributed by atoms with Crippen LogP contribution in [0.2, 0.25) is 0 Å². The zero-order valence-corrected chi connectivity index (χ0v) is 19.9. The normalized spacial score (nSPS) is 15.0. The van der Waals surface area contributed by atoms with Gasteiger partial charge in [0.2, 0.25) is 0 Å². The van der Waals surface area contributed by atoms with E-state index in [0.717, 1.165) is 30.6 Å². The highest BCUT2D eigenvalue weighted by Crippen LogP contribution is 2.43. The molecular formula is C26H39N3O2. The molecule has 2 heterocycles. The molecule has 0 bridgehead atoms. The molecule has 0 aliphatic carbocycles. The Labute approximate surface area is 187 Å². The van der Waals surface area contributed by atoms with Crippen molar-refractivity contribution in [2.24, 2.45) is 0 Å². The summed E-state index contributed by atoms with van der Waals surface area (Å²) in [5.41, 5.74) is 4.78. The first-order valence-corrected chi connectivity index (χ1v) is 11.9. The number of benzene rings is 1. The van der Waals surface area contributed by atoms with Crippen molar-refractivity contribution in [1.29, 1.82) is 0 Å². The number of aromatic nitrogens is 2. The van der Waals surface area contributed by atoms with Crippen molar-refractivity contribution in [3.8, 4) is 11.3 Å². The molecule has 1 N–H and O–H groups in total. The molecule has 0 amide bonds. The smallest absolute Gasteiger partial charge is 0.267 e. The van der Waals surface area contributed by atoms with Crippen LogP contribution in [0.15, 0.2) is 29.1 Å². The fraction of sp³-hybridized carbons (Fsp3) is 0.615. The second-order valence-electron chi connectivity index (χ2n) is 9.84. The molecule has 1 aromatic carbocycles. The van der Waals surface area contributed by atoms with E-state index in [9.17, 15) is 9.90 Å². The number of anilines is 1. The maximum Gasteiger partial charge on any atom is 0.267 e. The van der Waals surface area contributed by atoms with E-state index in [4.69, 9.17) is 5.10 Å². The van der Waals surface area contributed by atoms with Gasteiger partial charge < -0.3 is 10.0 Å². The summed E-state index contributed by atoms with van der Waals surface area (Å²) in [7, 11) is 0. The van der Waals surface area contributed by atoms with Crippen LogP contribution in [-0.2, 0) is 18.6 Å². The van der Waals surface area contributed by atoms with E-state index in [0.29, 0.717) is 18.2 Å². The lowest BCUT2D eigenvalue weighted by Gasteiger charge is -2.26. The summed E-state index contributed by atoms with van der Waals surface area (Å²) in [6.45, 7) is 12.6. The van der Waals surface area contributed by atoms with E-state index in [1.807, 2.05) is 0 Å². The van der Waals surface area contributed by atoms with Gasteiger partial charge in [-0.1, -0.05) is 58.9 Å². The van der Waals surface area contributed by atoms with Gasteiger partial charge in [0.15, 0.2) is 0 Å². The predicted molar refractivity (Wildman–Crippen MR) is 129 cm³/mol. The lowest BCUT2D eigenvalue weighted by molar-refractivity contribution is 0.281. The number of fused-ring (bicyclic) bond motifs is 1. The van der Waals surface area contributed by atoms with Crippen LogP contribution in [0.5, 0.6) is 0 Å². The number of nitrogens with zero attached hydrogens (tertiary/aromatic N) is 3.